The maximum Gasteiger partial charge on any atom is 0.184 e. The smallest absolute Gasteiger partial charge is 0.184 e. The predicted octanol–water partition coefficient (Wildman–Crippen LogP) is 11.0. The minimum absolute atomic E-state index is 0.566. The van der Waals surface area contributed by atoms with Crippen LogP contribution in [-0.2, 0) is 7.05 Å². The van der Waals surface area contributed by atoms with Gasteiger partial charge in [-0.15, -0.1) is 0 Å². The van der Waals surface area contributed by atoms with Gasteiger partial charge in [-0.1, -0.05) is 152 Å². The Morgan fingerprint density at radius 3 is 1.95 bits per heavy atom. The summed E-state index contributed by atoms with van der Waals surface area (Å²) in [6.45, 7) is 0. The molecule has 0 fully saturated rings. The molecule has 7 heteroatoms. The van der Waals surface area contributed by atoms with E-state index in [1.54, 1.807) is 0 Å². The lowest BCUT2D eigenvalue weighted by atomic mass is 9.96. The van der Waals surface area contributed by atoms with E-state index in [-0.39, 0.29) is 0 Å². The summed E-state index contributed by atoms with van der Waals surface area (Å²) in [4.78, 5) is 12.4. The molecular formula is C56H40FN5Si. The molecule has 300 valence electrons. The third-order valence-corrected chi connectivity index (χ3v) is 17.8. The Balaban J connectivity index is 1.28. The maximum atomic E-state index is 19.2. The van der Waals surface area contributed by atoms with Gasteiger partial charge in [0.25, 0.3) is 0 Å². The number of aryl methyl sites for hydroxylation is 1. The van der Waals surface area contributed by atoms with Crippen molar-refractivity contribution in [3.63, 3.8) is 0 Å². The highest BCUT2D eigenvalue weighted by atomic mass is 28.3. The highest BCUT2D eigenvalue weighted by Crippen LogP contribution is 2.48. The molecular weight excluding hydrogens is 790 g/mol. The first-order valence-corrected chi connectivity index (χ1v) is 23.4. The van der Waals surface area contributed by atoms with Crippen molar-refractivity contribution in [2.75, 3.05) is 4.90 Å². The van der Waals surface area contributed by atoms with Crippen LogP contribution in [0.4, 0.5) is 21.5 Å². The summed E-state index contributed by atoms with van der Waals surface area (Å²) in [5, 5.41) is 6.73. The maximum absolute atomic E-state index is 19.2. The number of pyridine rings is 1. The summed E-state index contributed by atoms with van der Waals surface area (Å²) in [5.74, 6) is 1.56. The molecule has 3 aromatic heterocycles. The van der Waals surface area contributed by atoms with Gasteiger partial charge in [-0.3, -0.25) is 4.57 Å². The fourth-order valence-electron chi connectivity index (χ4n) is 10.3. The topological polar surface area (TPSA) is 38.9 Å². The zero-order valence-electron chi connectivity index (χ0n) is 34.5. The van der Waals surface area contributed by atoms with E-state index in [4.69, 9.17) is 9.97 Å². The third-order valence-electron chi connectivity index (χ3n) is 12.9. The molecule has 0 saturated carbocycles. The Hall–Kier alpha value is -7.87. The number of hydrogen-bond acceptors (Lipinski definition) is 3. The predicted molar refractivity (Wildman–Crippen MR) is 260 cm³/mol. The molecule has 8 aromatic carbocycles. The van der Waals surface area contributed by atoms with Crippen molar-refractivity contribution in [2.45, 2.75) is 6.17 Å². The quantitative estimate of drug-likeness (QED) is 0.150. The van der Waals surface area contributed by atoms with Crippen LogP contribution in [0.15, 0.2) is 219 Å². The Bertz CT molecular complexity index is 3460. The molecule has 5 nitrogen and oxygen atoms in total. The molecule has 1 atom stereocenters. The van der Waals surface area contributed by atoms with E-state index >= 15 is 4.39 Å². The third kappa shape index (κ3) is 5.53. The van der Waals surface area contributed by atoms with Gasteiger partial charge < -0.3 is 9.47 Å². The molecule has 0 aliphatic carbocycles. The second-order valence-electron chi connectivity index (χ2n) is 16.3. The van der Waals surface area contributed by atoms with Gasteiger partial charge in [0, 0.05) is 41.0 Å². The van der Waals surface area contributed by atoms with E-state index in [2.05, 4.69) is 166 Å². The molecule has 0 spiro atoms. The van der Waals surface area contributed by atoms with Gasteiger partial charge in [0.2, 0.25) is 0 Å². The Morgan fingerprint density at radius 2 is 1.22 bits per heavy atom. The molecule has 4 heterocycles. The van der Waals surface area contributed by atoms with Gasteiger partial charge in [-0.2, -0.15) is 0 Å². The zero-order valence-corrected chi connectivity index (χ0v) is 35.5. The van der Waals surface area contributed by atoms with Crippen LogP contribution in [0.2, 0.25) is 0 Å². The molecule has 0 saturated heterocycles. The Morgan fingerprint density at radius 1 is 0.571 bits per heavy atom. The lowest BCUT2D eigenvalue weighted by Gasteiger charge is -2.46. The number of fused-ring (bicyclic) bond motifs is 7. The number of para-hydroxylation sites is 5. The van der Waals surface area contributed by atoms with Crippen LogP contribution in [0.3, 0.4) is 0 Å². The molecule has 1 aliphatic rings. The molecule has 11 aromatic rings. The van der Waals surface area contributed by atoms with Crippen LogP contribution < -0.4 is 25.6 Å². The summed E-state index contributed by atoms with van der Waals surface area (Å²) in [6.07, 6.45) is 0.296. The van der Waals surface area contributed by atoms with Crippen molar-refractivity contribution < 1.29 is 4.39 Å². The van der Waals surface area contributed by atoms with E-state index in [1.807, 2.05) is 73.9 Å². The molecule has 12 rings (SSSR count). The standard InChI is InChI=1S/C56H40FN5Si/c1-60-47-31-14-12-29-45(47)59-56(60)39-21-19-20-38(36-39)53(57)44-37-49-52(43-28-11-13-30-46(43)62(49)51-34-17-18-35-58-51)54-55(44)63(41-24-7-3-8-25-41,42-26-9-4-10-27-42)50-33-16-15-32-48(50)61(54)40-22-5-2-6-23-40/h2-37,53H,1H3. The first-order chi connectivity index (χ1) is 31.1. The van der Waals surface area contributed by atoms with E-state index in [0.29, 0.717) is 11.1 Å². The van der Waals surface area contributed by atoms with Crippen LogP contribution >= 0.6 is 0 Å². The SMILES string of the molecule is Cn1c(-c2cccc(C(F)c3cc4c(c5c3[Si](c3ccccc3)(c3ccccc3)c3ccccc3N5c3ccccc3)c3ccccc3n4-c3ccccn3)c2)nc2ccccc21. The highest BCUT2D eigenvalue weighted by Gasteiger charge is 2.52. The summed E-state index contributed by atoms with van der Waals surface area (Å²) < 4.78 is 23.5. The molecule has 0 N–H and O–H groups in total. The number of halogens is 1. The molecule has 1 unspecified atom stereocenters. The lowest BCUT2D eigenvalue weighted by molar-refractivity contribution is 0.404. The van der Waals surface area contributed by atoms with Gasteiger partial charge in [-0.05, 0) is 92.5 Å². The molecule has 63 heavy (non-hydrogen) atoms. The average molecular weight is 830 g/mol. The van der Waals surface area contributed by atoms with Gasteiger partial charge in [0.05, 0.1) is 27.8 Å². The zero-order chi connectivity index (χ0) is 42.1. The number of anilines is 3. The largest absolute Gasteiger partial charge is 0.327 e. The number of alkyl halides is 1. The van der Waals surface area contributed by atoms with Crippen molar-refractivity contribution in [3.8, 4) is 17.2 Å². The molecule has 0 bridgehead atoms. The van der Waals surface area contributed by atoms with Crippen molar-refractivity contribution in [1.82, 2.24) is 19.1 Å². The number of imidazole rings is 1. The normalized spacial score (nSPS) is 13.6. The van der Waals surface area contributed by atoms with E-state index < -0.39 is 14.2 Å². The Kier molecular flexibility index (Phi) is 8.59. The molecule has 1 aliphatic heterocycles. The van der Waals surface area contributed by atoms with E-state index in [9.17, 15) is 0 Å². The Labute approximate surface area is 365 Å². The average Bonchev–Trinajstić information content (AvgIpc) is 3.88. The summed E-state index contributed by atoms with van der Waals surface area (Å²) in [6, 6.07) is 74.0. The van der Waals surface area contributed by atoms with Gasteiger partial charge >= 0.3 is 0 Å². The van der Waals surface area contributed by atoms with Crippen LogP contribution in [-0.4, -0.2) is 27.2 Å². The van der Waals surface area contributed by atoms with Crippen LogP contribution in [0.25, 0.3) is 50.0 Å². The number of hydrogen-bond donors (Lipinski definition) is 0. The van der Waals surface area contributed by atoms with Crippen molar-refractivity contribution in [1.29, 1.82) is 0 Å². The first-order valence-electron chi connectivity index (χ1n) is 21.4. The van der Waals surface area contributed by atoms with Crippen molar-refractivity contribution in [3.05, 3.63) is 230 Å². The molecule has 0 amide bonds. The molecule has 0 radical (unpaired) electrons. The second kappa shape index (κ2) is 14.6. The van der Waals surface area contributed by atoms with Crippen molar-refractivity contribution >= 4 is 78.7 Å². The van der Waals surface area contributed by atoms with Gasteiger partial charge in [0.1, 0.15) is 11.6 Å². The minimum Gasteiger partial charge on any atom is -0.327 e. The summed E-state index contributed by atoms with van der Waals surface area (Å²) in [7, 11) is -1.37. The monoisotopic (exact) mass is 829 g/mol. The van der Waals surface area contributed by atoms with E-state index in [1.165, 1.54) is 15.6 Å². The number of rotatable bonds is 7. The summed E-state index contributed by atoms with van der Waals surface area (Å²) in [5.41, 5.74) is 8.96. The number of nitrogens with zero attached hydrogens (tertiary/aromatic N) is 5. The van der Waals surface area contributed by atoms with Crippen LogP contribution in [0.1, 0.15) is 17.3 Å². The summed E-state index contributed by atoms with van der Waals surface area (Å²) >= 11 is 0. The first kappa shape index (κ1) is 36.9. The lowest BCUT2D eigenvalue weighted by Crippen LogP contribution is -2.78. The highest BCUT2D eigenvalue weighted by molar-refractivity contribution is 7.21. The fourth-order valence-corrected chi connectivity index (χ4v) is 15.7. The number of benzene rings is 8. The van der Waals surface area contributed by atoms with Gasteiger partial charge in [0.15, 0.2) is 14.2 Å². The number of aromatic nitrogens is 4. The fraction of sp³-hybridized carbons (Fsp3) is 0.0357. The second-order valence-corrected chi connectivity index (χ2v) is 20.0. The van der Waals surface area contributed by atoms with E-state index in [0.717, 1.165) is 72.3 Å². The van der Waals surface area contributed by atoms with Crippen LogP contribution in [0.5, 0.6) is 0 Å². The minimum atomic E-state index is -3.40. The van der Waals surface area contributed by atoms with Gasteiger partial charge in [-0.25, -0.2) is 14.4 Å². The van der Waals surface area contributed by atoms with Crippen molar-refractivity contribution in [2.24, 2.45) is 7.05 Å². The van der Waals surface area contributed by atoms with Crippen LogP contribution in [0, 0.1) is 0 Å².